The molecule has 0 unspecified atom stereocenters. The zero-order valence-corrected chi connectivity index (χ0v) is 39.0. The van der Waals surface area contributed by atoms with E-state index in [0.29, 0.717) is 0 Å². The number of nitrogens with zero attached hydrogens (tertiary/aromatic N) is 2. The molecule has 0 saturated heterocycles. The third-order valence-corrected chi connectivity index (χ3v) is 19.1. The van der Waals surface area contributed by atoms with Gasteiger partial charge in [0.05, 0.1) is 27.8 Å². The molecule has 2 heterocycles. The van der Waals surface area contributed by atoms with Crippen LogP contribution in [0, 0.1) is 0 Å². The largest absolute Gasteiger partial charge is 0.309 e. The molecule has 0 saturated carbocycles. The monoisotopic (exact) mass is 894 g/mol. The Kier molecular flexibility index (Phi) is 9.88. The lowest BCUT2D eigenvalue weighted by molar-refractivity contribution is 1.17. The third-order valence-electron chi connectivity index (χ3n) is 14.3. The van der Waals surface area contributed by atoms with Gasteiger partial charge in [-0.2, -0.15) is 0 Å². The minimum Gasteiger partial charge on any atom is -0.309 e. The molecular formula is C66H46N2Si. The van der Waals surface area contributed by atoms with E-state index in [0.717, 1.165) is 22.4 Å². The topological polar surface area (TPSA) is 9.86 Å². The smallest absolute Gasteiger partial charge is 0.180 e. The van der Waals surface area contributed by atoms with Crippen LogP contribution in [0.25, 0.3) is 88.4 Å². The van der Waals surface area contributed by atoms with Gasteiger partial charge in [0.15, 0.2) is 8.07 Å². The number of hydrogen-bond acceptors (Lipinski definition) is 0. The Morgan fingerprint density at radius 3 is 1.19 bits per heavy atom. The highest BCUT2D eigenvalue weighted by atomic mass is 28.3. The van der Waals surface area contributed by atoms with Crippen LogP contribution in [0.4, 0.5) is 0 Å². The summed E-state index contributed by atoms with van der Waals surface area (Å²) in [6, 6.07) is 103. The van der Waals surface area contributed by atoms with E-state index in [1.54, 1.807) is 0 Å². The third kappa shape index (κ3) is 6.54. The molecule has 0 fully saturated rings. The zero-order chi connectivity index (χ0) is 45.7. The van der Waals surface area contributed by atoms with E-state index in [4.69, 9.17) is 0 Å². The van der Waals surface area contributed by atoms with Crippen molar-refractivity contribution in [3.8, 4) is 44.8 Å². The predicted octanol–water partition coefficient (Wildman–Crippen LogP) is 14.3. The minimum atomic E-state index is -2.89. The second-order valence-electron chi connectivity index (χ2n) is 18.0. The number of para-hydroxylation sites is 3. The van der Waals surface area contributed by atoms with Gasteiger partial charge in [-0.3, -0.25) is 0 Å². The van der Waals surface area contributed by atoms with Crippen molar-refractivity contribution in [2.45, 2.75) is 0 Å². The van der Waals surface area contributed by atoms with Crippen LogP contribution in [0.15, 0.2) is 279 Å². The van der Waals surface area contributed by atoms with Crippen molar-refractivity contribution in [1.82, 2.24) is 9.13 Å². The molecule has 69 heavy (non-hydrogen) atoms. The molecule has 13 rings (SSSR count). The van der Waals surface area contributed by atoms with Crippen LogP contribution in [0.3, 0.4) is 0 Å². The highest BCUT2D eigenvalue weighted by molar-refractivity contribution is 7.20. The Labute approximate surface area is 403 Å². The van der Waals surface area contributed by atoms with Gasteiger partial charge < -0.3 is 9.13 Å². The van der Waals surface area contributed by atoms with E-state index in [9.17, 15) is 0 Å². The maximum Gasteiger partial charge on any atom is 0.180 e. The lowest BCUT2D eigenvalue weighted by atomic mass is 9.95. The Bertz CT molecular complexity index is 3780. The molecule has 0 spiro atoms. The summed E-state index contributed by atoms with van der Waals surface area (Å²) >= 11 is 0. The van der Waals surface area contributed by atoms with Gasteiger partial charge in [-0.25, -0.2) is 0 Å². The van der Waals surface area contributed by atoms with Crippen molar-refractivity contribution in [1.29, 1.82) is 0 Å². The van der Waals surface area contributed by atoms with Gasteiger partial charge in [0, 0.05) is 38.4 Å². The first kappa shape index (κ1) is 40.5. The number of rotatable bonds is 9. The summed E-state index contributed by atoms with van der Waals surface area (Å²) in [6.45, 7) is 0. The number of fused-ring (bicyclic) bond motifs is 6. The van der Waals surface area contributed by atoms with Gasteiger partial charge in [0.2, 0.25) is 0 Å². The summed E-state index contributed by atoms with van der Waals surface area (Å²) in [6.07, 6.45) is 0. The highest BCUT2D eigenvalue weighted by Crippen LogP contribution is 2.43. The molecule has 13 aromatic rings. The number of aromatic nitrogens is 2. The molecule has 2 nitrogen and oxygen atoms in total. The average molecular weight is 895 g/mol. The summed E-state index contributed by atoms with van der Waals surface area (Å²) in [5.74, 6) is 0. The molecule has 324 valence electrons. The van der Waals surface area contributed by atoms with Crippen molar-refractivity contribution in [3.05, 3.63) is 279 Å². The first-order valence-electron chi connectivity index (χ1n) is 23.8. The lowest BCUT2D eigenvalue weighted by Crippen LogP contribution is -2.75. The van der Waals surface area contributed by atoms with Crippen LogP contribution in [-0.2, 0) is 0 Å². The van der Waals surface area contributed by atoms with Crippen molar-refractivity contribution < 1.29 is 0 Å². The molecular weight excluding hydrogens is 849 g/mol. The SMILES string of the molecule is c1ccc(-c2cccc(-c3ccccc3)c2-n2c3ccc(-c4ccccc4[Si](c4ccccc4)(c4ccccc4)c4ccccc4)cc3c3cc(-n4c5ccccc5c5ccccc54)ccc32)cc1. The Hall–Kier alpha value is -8.76. The van der Waals surface area contributed by atoms with Gasteiger partial charge in [-0.1, -0.05) is 237 Å². The first-order valence-corrected chi connectivity index (χ1v) is 25.8. The standard InChI is InChI=1S/C66H46N2Si/c1-6-23-47(24-7-1)55-36-22-37-56(48-25-8-2-9-26-48)66(55)68-63-43-41-49(45-59(63)60-46-50(42-44-64(60)68)67-61-38-19-16-34-57(61)58-35-17-20-39-62(58)67)54-33-18-21-40-65(54)69(51-27-10-3-11-28-51,52-29-12-4-13-30-52)53-31-14-5-15-32-53/h1-46H. The van der Waals surface area contributed by atoms with Crippen LogP contribution in [0.5, 0.6) is 0 Å². The molecule has 11 aromatic carbocycles. The van der Waals surface area contributed by atoms with E-state index in [-0.39, 0.29) is 0 Å². The van der Waals surface area contributed by atoms with Crippen molar-refractivity contribution in [3.63, 3.8) is 0 Å². The average Bonchev–Trinajstić information content (AvgIpc) is 3.94. The van der Waals surface area contributed by atoms with E-state index >= 15 is 0 Å². The van der Waals surface area contributed by atoms with Crippen molar-refractivity contribution in [2.24, 2.45) is 0 Å². The number of benzene rings is 11. The zero-order valence-electron chi connectivity index (χ0n) is 38.0. The maximum atomic E-state index is 2.54. The summed E-state index contributed by atoms with van der Waals surface area (Å²) in [7, 11) is -2.89. The fraction of sp³-hybridized carbons (Fsp3) is 0. The number of hydrogen-bond donors (Lipinski definition) is 0. The molecule has 3 heteroatoms. The highest BCUT2D eigenvalue weighted by Gasteiger charge is 2.43. The quantitative estimate of drug-likeness (QED) is 0.101. The molecule has 0 aliphatic rings. The minimum absolute atomic E-state index is 1.13. The van der Waals surface area contributed by atoms with Crippen LogP contribution in [0.2, 0.25) is 0 Å². The van der Waals surface area contributed by atoms with Crippen molar-refractivity contribution >= 4 is 72.4 Å². The second-order valence-corrected chi connectivity index (χ2v) is 21.7. The van der Waals surface area contributed by atoms with E-state index in [1.165, 1.54) is 86.7 Å². The van der Waals surface area contributed by atoms with Crippen LogP contribution >= 0.6 is 0 Å². The molecule has 2 aromatic heterocycles. The molecule has 0 amide bonds. The van der Waals surface area contributed by atoms with Gasteiger partial charge in [-0.15, -0.1) is 0 Å². The summed E-state index contributed by atoms with van der Waals surface area (Å²) in [5.41, 5.74) is 14.2. The van der Waals surface area contributed by atoms with Gasteiger partial charge in [0.25, 0.3) is 0 Å². The Morgan fingerprint density at radius 1 is 0.246 bits per heavy atom. The summed E-state index contributed by atoms with van der Waals surface area (Å²) in [4.78, 5) is 0. The van der Waals surface area contributed by atoms with Crippen LogP contribution in [-0.4, -0.2) is 17.2 Å². The van der Waals surface area contributed by atoms with E-state index in [2.05, 4.69) is 288 Å². The molecule has 0 atom stereocenters. The maximum absolute atomic E-state index is 2.89. The van der Waals surface area contributed by atoms with Gasteiger partial charge in [0.1, 0.15) is 0 Å². The second kappa shape index (κ2) is 16.8. The van der Waals surface area contributed by atoms with Gasteiger partial charge >= 0.3 is 0 Å². The summed E-state index contributed by atoms with van der Waals surface area (Å²) in [5, 5.41) is 10.3. The van der Waals surface area contributed by atoms with Crippen LogP contribution in [0.1, 0.15) is 0 Å². The molecule has 0 aliphatic heterocycles. The molecule has 0 radical (unpaired) electrons. The fourth-order valence-corrected chi connectivity index (χ4v) is 16.3. The molecule has 0 aliphatic carbocycles. The fourth-order valence-electron chi connectivity index (χ4n) is 11.3. The lowest BCUT2D eigenvalue weighted by Gasteiger charge is -2.36. The molecule has 0 N–H and O–H groups in total. The Morgan fingerprint density at radius 2 is 0.652 bits per heavy atom. The first-order chi connectivity index (χ1) is 34.3. The summed E-state index contributed by atoms with van der Waals surface area (Å²) < 4.78 is 4.98. The van der Waals surface area contributed by atoms with Gasteiger partial charge in [-0.05, 0) is 85.5 Å². The van der Waals surface area contributed by atoms with E-state index < -0.39 is 8.07 Å². The predicted molar refractivity (Wildman–Crippen MR) is 295 cm³/mol. The van der Waals surface area contributed by atoms with Crippen molar-refractivity contribution in [2.75, 3.05) is 0 Å². The molecule has 0 bridgehead atoms. The Balaban J connectivity index is 1.14. The normalized spacial score (nSPS) is 11.8. The van der Waals surface area contributed by atoms with E-state index in [1.807, 2.05) is 0 Å². The van der Waals surface area contributed by atoms with Crippen LogP contribution < -0.4 is 20.7 Å².